The molecule has 0 bridgehead atoms. The Morgan fingerprint density at radius 1 is 0.308 bits per heavy atom. The zero-order valence-corrected chi connectivity index (χ0v) is 42.2. The third-order valence-electron chi connectivity index (χ3n) is 11.0. The van der Waals surface area contributed by atoms with Gasteiger partial charge in [0.15, 0.2) is 6.10 Å². The SMILES string of the molecule is CCCC/C=C\C/C=C\CCCCCCCC(=O)OC[C@H](COC(=O)CCCCC/C=C\C/C=C\C/C=C\C/C=C\CCCCC)OC(=O)CCCCCCC/C=C\C/C=C\CCCC. The first-order chi connectivity index (χ1) is 32.0. The highest BCUT2D eigenvalue weighted by Gasteiger charge is 2.19. The van der Waals surface area contributed by atoms with Gasteiger partial charge in [0, 0.05) is 19.3 Å². The van der Waals surface area contributed by atoms with Crippen molar-refractivity contribution in [1.82, 2.24) is 0 Å². The molecule has 0 heterocycles. The molecule has 0 saturated heterocycles. The molecule has 6 nitrogen and oxygen atoms in total. The van der Waals surface area contributed by atoms with Gasteiger partial charge >= 0.3 is 17.9 Å². The van der Waals surface area contributed by atoms with Gasteiger partial charge in [-0.3, -0.25) is 14.4 Å². The van der Waals surface area contributed by atoms with Crippen molar-refractivity contribution < 1.29 is 28.6 Å². The van der Waals surface area contributed by atoms with Crippen molar-refractivity contribution in [3.8, 4) is 0 Å². The third-order valence-corrected chi connectivity index (χ3v) is 11.0. The maximum absolute atomic E-state index is 12.8. The molecule has 0 aliphatic carbocycles. The molecule has 0 spiro atoms. The number of esters is 3. The maximum atomic E-state index is 12.8. The topological polar surface area (TPSA) is 78.9 Å². The Hall–Kier alpha value is -3.67. The summed E-state index contributed by atoms with van der Waals surface area (Å²) in [5, 5.41) is 0. The molecule has 0 fully saturated rings. The molecule has 0 aromatic carbocycles. The highest BCUT2D eigenvalue weighted by Crippen LogP contribution is 2.13. The summed E-state index contributed by atoms with van der Waals surface area (Å²) in [5.74, 6) is -0.963. The van der Waals surface area contributed by atoms with Gasteiger partial charge in [-0.25, -0.2) is 0 Å². The molecule has 0 N–H and O–H groups in total. The van der Waals surface area contributed by atoms with Crippen LogP contribution in [0, 0.1) is 0 Å². The number of ether oxygens (including phenoxy) is 3. The summed E-state index contributed by atoms with van der Waals surface area (Å²) in [6, 6.07) is 0. The summed E-state index contributed by atoms with van der Waals surface area (Å²) in [6.07, 6.45) is 69.5. The van der Waals surface area contributed by atoms with Crippen molar-refractivity contribution in [2.45, 2.75) is 245 Å². The highest BCUT2D eigenvalue weighted by atomic mass is 16.6. The number of hydrogen-bond donors (Lipinski definition) is 0. The van der Waals surface area contributed by atoms with Gasteiger partial charge in [0.05, 0.1) is 0 Å². The molecule has 0 aromatic heterocycles. The molecule has 65 heavy (non-hydrogen) atoms. The van der Waals surface area contributed by atoms with E-state index in [-0.39, 0.29) is 31.1 Å². The lowest BCUT2D eigenvalue weighted by molar-refractivity contribution is -0.167. The molecule has 6 heteroatoms. The third kappa shape index (κ3) is 51.2. The van der Waals surface area contributed by atoms with Crippen molar-refractivity contribution in [2.75, 3.05) is 13.2 Å². The predicted octanol–water partition coefficient (Wildman–Crippen LogP) is 17.8. The van der Waals surface area contributed by atoms with Crippen molar-refractivity contribution in [1.29, 1.82) is 0 Å². The summed E-state index contributed by atoms with van der Waals surface area (Å²) >= 11 is 0. The number of unbranched alkanes of at least 4 members (excludes halogenated alkanes) is 20. The van der Waals surface area contributed by atoms with Crippen molar-refractivity contribution in [3.05, 3.63) is 97.2 Å². The number of carbonyl (C=O) groups excluding carboxylic acids is 3. The molecule has 0 saturated carbocycles. The van der Waals surface area contributed by atoms with Crippen LogP contribution in [0.4, 0.5) is 0 Å². The van der Waals surface area contributed by atoms with E-state index in [1.165, 1.54) is 64.2 Å². The van der Waals surface area contributed by atoms with Gasteiger partial charge in [0.25, 0.3) is 0 Å². The van der Waals surface area contributed by atoms with Crippen LogP contribution in [0.1, 0.15) is 239 Å². The van der Waals surface area contributed by atoms with Crippen LogP contribution in [0.15, 0.2) is 97.2 Å². The zero-order valence-electron chi connectivity index (χ0n) is 42.2. The van der Waals surface area contributed by atoms with Gasteiger partial charge in [-0.15, -0.1) is 0 Å². The van der Waals surface area contributed by atoms with E-state index in [9.17, 15) is 14.4 Å². The molecule has 370 valence electrons. The van der Waals surface area contributed by atoms with E-state index in [0.29, 0.717) is 19.3 Å². The molecule has 0 radical (unpaired) electrons. The Kier molecular flexibility index (Phi) is 50.0. The van der Waals surface area contributed by atoms with E-state index in [2.05, 4.69) is 118 Å². The standard InChI is InChI=1S/C59H98O6/c1-4-7-10-13-16-19-22-25-28-29-30-31-32-35-37-40-43-46-49-52-58(61)64-55-56(65-59(62)53-50-47-44-41-38-34-27-24-21-18-15-12-9-6-3)54-63-57(60)51-48-45-42-39-36-33-26-23-20-17-14-11-8-5-2/h14-19,23-28,30-31,35,37,56H,4-13,20-22,29,32-34,36,38-55H2,1-3H3/b17-14-,18-15-,19-16-,26-23-,27-24-,28-25-,31-30-,37-35-/t56-/m1/s1. The van der Waals surface area contributed by atoms with Gasteiger partial charge in [-0.05, 0) is 116 Å². The van der Waals surface area contributed by atoms with Crippen LogP contribution >= 0.6 is 0 Å². The molecule has 0 aliphatic heterocycles. The molecule has 0 aromatic rings. The van der Waals surface area contributed by atoms with Crippen LogP contribution in [0.2, 0.25) is 0 Å². The van der Waals surface area contributed by atoms with Crippen LogP contribution < -0.4 is 0 Å². The lowest BCUT2D eigenvalue weighted by Crippen LogP contribution is -2.30. The number of rotatable bonds is 47. The summed E-state index contributed by atoms with van der Waals surface area (Å²) in [4.78, 5) is 38.0. The Labute approximate surface area is 400 Å². The first-order valence-corrected chi connectivity index (χ1v) is 26.7. The van der Waals surface area contributed by atoms with Crippen LogP contribution in [0.25, 0.3) is 0 Å². The van der Waals surface area contributed by atoms with E-state index in [0.717, 1.165) is 135 Å². The number of carbonyl (C=O) groups is 3. The number of allylic oxidation sites excluding steroid dienone is 16. The summed E-state index contributed by atoms with van der Waals surface area (Å²) in [7, 11) is 0. The monoisotopic (exact) mass is 903 g/mol. The Bertz CT molecular complexity index is 1310. The Morgan fingerprint density at radius 2 is 0.569 bits per heavy atom. The van der Waals surface area contributed by atoms with Crippen LogP contribution in [-0.4, -0.2) is 37.2 Å². The van der Waals surface area contributed by atoms with Crippen LogP contribution in [0.5, 0.6) is 0 Å². The van der Waals surface area contributed by atoms with Gasteiger partial charge in [-0.2, -0.15) is 0 Å². The quantitative estimate of drug-likeness (QED) is 0.0262. The summed E-state index contributed by atoms with van der Waals surface area (Å²) < 4.78 is 16.8. The second kappa shape index (κ2) is 52.9. The van der Waals surface area contributed by atoms with Gasteiger partial charge in [0.2, 0.25) is 0 Å². The molecule has 0 amide bonds. The Balaban J connectivity index is 4.49. The van der Waals surface area contributed by atoms with E-state index in [1.807, 2.05) is 0 Å². The average Bonchev–Trinajstić information content (AvgIpc) is 3.30. The number of hydrogen-bond acceptors (Lipinski definition) is 6. The molecule has 0 unspecified atom stereocenters. The molecule has 1 atom stereocenters. The molecular weight excluding hydrogens is 805 g/mol. The van der Waals surface area contributed by atoms with Crippen molar-refractivity contribution in [3.63, 3.8) is 0 Å². The minimum absolute atomic E-state index is 0.102. The maximum Gasteiger partial charge on any atom is 0.306 e. The van der Waals surface area contributed by atoms with E-state index >= 15 is 0 Å². The minimum atomic E-state index is -0.805. The smallest absolute Gasteiger partial charge is 0.306 e. The summed E-state index contributed by atoms with van der Waals surface area (Å²) in [5.41, 5.74) is 0. The molecule has 0 rings (SSSR count). The van der Waals surface area contributed by atoms with Crippen molar-refractivity contribution >= 4 is 17.9 Å². The molecule has 0 aliphatic rings. The van der Waals surface area contributed by atoms with Gasteiger partial charge in [-0.1, -0.05) is 201 Å². The average molecular weight is 903 g/mol. The minimum Gasteiger partial charge on any atom is -0.462 e. The van der Waals surface area contributed by atoms with Crippen LogP contribution in [-0.2, 0) is 28.6 Å². The highest BCUT2D eigenvalue weighted by molar-refractivity contribution is 5.71. The lowest BCUT2D eigenvalue weighted by Gasteiger charge is -2.18. The second-order valence-corrected chi connectivity index (χ2v) is 17.4. The van der Waals surface area contributed by atoms with Gasteiger partial charge < -0.3 is 14.2 Å². The van der Waals surface area contributed by atoms with Crippen LogP contribution in [0.3, 0.4) is 0 Å². The fraction of sp³-hybridized carbons (Fsp3) is 0.678. The first-order valence-electron chi connectivity index (χ1n) is 26.7. The van der Waals surface area contributed by atoms with E-state index in [1.54, 1.807) is 0 Å². The summed E-state index contributed by atoms with van der Waals surface area (Å²) in [6.45, 7) is 6.47. The first kappa shape index (κ1) is 61.3. The van der Waals surface area contributed by atoms with Gasteiger partial charge in [0.1, 0.15) is 13.2 Å². The van der Waals surface area contributed by atoms with Crippen molar-refractivity contribution in [2.24, 2.45) is 0 Å². The fourth-order valence-corrected chi connectivity index (χ4v) is 6.93. The molecular formula is C59H98O6. The van der Waals surface area contributed by atoms with E-state index < -0.39 is 6.10 Å². The largest absolute Gasteiger partial charge is 0.462 e. The zero-order chi connectivity index (χ0) is 47.2. The Morgan fingerprint density at radius 3 is 0.923 bits per heavy atom. The lowest BCUT2D eigenvalue weighted by atomic mass is 10.1. The van der Waals surface area contributed by atoms with E-state index in [4.69, 9.17) is 14.2 Å². The predicted molar refractivity (Wildman–Crippen MR) is 279 cm³/mol. The second-order valence-electron chi connectivity index (χ2n) is 17.4. The fourth-order valence-electron chi connectivity index (χ4n) is 6.93. The normalized spacial score (nSPS) is 12.8.